The van der Waals surface area contributed by atoms with E-state index >= 15 is 0 Å². The number of carbonyl (C=O) groups excluding carboxylic acids is 1. The van der Waals surface area contributed by atoms with E-state index in [1.54, 1.807) is 0 Å². The summed E-state index contributed by atoms with van der Waals surface area (Å²) in [7, 11) is 0. The number of hydrogen-bond donors (Lipinski definition) is 9. The first-order chi connectivity index (χ1) is 25.6. The second kappa shape index (κ2) is 28.4. The smallest absolute Gasteiger partial charge is 0.220 e. The molecule has 0 aromatic carbocycles. The molecule has 2 aliphatic heterocycles. The molecule has 0 radical (unpaired) electrons. The van der Waals surface area contributed by atoms with E-state index in [4.69, 9.17) is 18.9 Å². The molecule has 53 heavy (non-hydrogen) atoms. The highest BCUT2D eigenvalue weighted by atomic mass is 16.7. The lowest BCUT2D eigenvalue weighted by Crippen LogP contribution is -2.65. The summed E-state index contributed by atoms with van der Waals surface area (Å²) in [6.45, 7) is 2.76. The van der Waals surface area contributed by atoms with E-state index in [2.05, 4.69) is 19.2 Å². The number of aliphatic hydroxyl groups excluding tert-OH is 8. The Kier molecular flexibility index (Phi) is 25.8. The second-order valence-corrected chi connectivity index (χ2v) is 15.1. The van der Waals surface area contributed by atoms with Gasteiger partial charge in [-0.1, -0.05) is 129 Å². The van der Waals surface area contributed by atoms with Crippen molar-refractivity contribution >= 4 is 5.91 Å². The van der Waals surface area contributed by atoms with Crippen molar-refractivity contribution in [3.8, 4) is 0 Å². The molecule has 0 bridgehead atoms. The summed E-state index contributed by atoms with van der Waals surface area (Å²) < 4.78 is 22.6. The van der Waals surface area contributed by atoms with Gasteiger partial charge in [0.1, 0.15) is 48.8 Å². The van der Waals surface area contributed by atoms with Crippen LogP contribution in [0.3, 0.4) is 0 Å². The fraction of sp³-hybridized carbons (Fsp3) is 0.974. The second-order valence-electron chi connectivity index (χ2n) is 15.1. The maximum absolute atomic E-state index is 13.0. The first-order valence-corrected chi connectivity index (χ1v) is 20.8. The number of rotatable bonds is 30. The van der Waals surface area contributed by atoms with Crippen LogP contribution in [0.1, 0.15) is 149 Å². The van der Waals surface area contributed by atoms with Gasteiger partial charge in [0.2, 0.25) is 5.91 Å². The van der Waals surface area contributed by atoms with E-state index in [1.807, 2.05) is 0 Å². The number of ether oxygens (including phenoxy) is 4. The third kappa shape index (κ3) is 17.8. The van der Waals surface area contributed by atoms with Crippen LogP contribution >= 0.6 is 0 Å². The molecule has 12 atom stereocenters. The Bertz CT molecular complexity index is 915. The van der Waals surface area contributed by atoms with Crippen molar-refractivity contribution in [3.05, 3.63) is 0 Å². The van der Waals surface area contributed by atoms with Crippen LogP contribution in [-0.4, -0.2) is 140 Å². The minimum atomic E-state index is -1.78. The zero-order valence-electron chi connectivity index (χ0n) is 32.5. The van der Waals surface area contributed by atoms with Gasteiger partial charge in [0.15, 0.2) is 12.6 Å². The van der Waals surface area contributed by atoms with Crippen molar-refractivity contribution < 1.29 is 64.6 Å². The predicted molar refractivity (Wildman–Crippen MR) is 199 cm³/mol. The SMILES string of the molecule is CCCCCCCCCCCCCC[C@@H](O)[C@H](CO[C@@H]1O[C@H](CO)[C@@H](O[C@@H]2O[C@H](CO)[C@H](O)C(O)C2O)C(O)C1O)NC(=O)CCCCCCCCC. The van der Waals surface area contributed by atoms with Gasteiger partial charge in [-0.25, -0.2) is 0 Å². The summed E-state index contributed by atoms with van der Waals surface area (Å²) in [6.07, 6.45) is 5.75. The summed E-state index contributed by atoms with van der Waals surface area (Å²) in [4.78, 5) is 13.0. The number of hydrogen-bond acceptors (Lipinski definition) is 13. The molecular formula is C39H75NO13. The summed E-state index contributed by atoms with van der Waals surface area (Å²) in [5.41, 5.74) is 0. The maximum Gasteiger partial charge on any atom is 0.220 e. The number of unbranched alkanes of at least 4 members (excludes halogenated alkanes) is 17. The number of aliphatic hydroxyl groups is 8. The van der Waals surface area contributed by atoms with Gasteiger partial charge in [-0.3, -0.25) is 4.79 Å². The van der Waals surface area contributed by atoms with E-state index in [-0.39, 0.29) is 12.5 Å². The third-order valence-electron chi connectivity index (χ3n) is 10.6. The molecule has 2 rings (SSSR count). The molecule has 2 saturated heterocycles. The van der Waals surface area contributed by atoms with Crippen LogP contribution in [0.25, 0.3) is 0 Å². The van der Waals surface area contributed by atoms with Gasteiger partial charge in [-0.2, -0.15) is 0 Å². The van der Waals surface area contributed by atoms with Crippen molar-refractivity contribution in [2.45, 2.75) is 222 Å². The fourth-order valence-electron chi connectivity index (χ4n) is 7.06. The largest absolute Gasteiger partial charge is 0.394 e. The maximum atomic E-state index is 13.0. The molecule has 2 heterocycles. The zero-order valence-corrected chi connectivity index (χ0v) is 32.5. The Morgan fingerprint density at radius 2 is 1.08 bits per heavy atom. The van der Waals surface area contributed by atoms with Crippen LogP contribution in [-0.2, 0) is 23.7 Å². The number of nitrogens with one attached hydrogen (secondary N) is 1. The first-order valence-electron chi connectivity index (χ1n) is 20.8. The van der Waals surface area contributed by atoms with Crippen LogP contribution in [0.2, 0.25) is 0 Å². The van der Waals surface area contributed by atoms with Gasteiger partial charge in [-0.15, -0.1) is 0 Å². The lowest BCUT2D eigenvalue weighted by atomic mass is 9.97. The quantitative estimate of drug-likeness (QED) is 0.0480. The summed E-state index contributed by atoms with van der Waals surface area (Å²) in [5.74, 6) is -0.215. The Morgan fingerprint density at radius 3 is 1.60 bits per heavy atom. The van der Waals surface area contributed by atoms with Crippen LogP contribution in [0.4, 0.5) is 0 Å². The van der Waals surface area contributed by atoms with Gasteiger partial charge in [0.25, 0.3) is 0 Å². The van der Waals surface area contributed by atoms with Gasteiger partial charge in [0.05, 0.1) is 32.0 Å². The van der Waals surface area contributed by atoms with Crippen molar-refractivity contribution in [3.63, 3.8) is 0 Å². The monoisotopic (exact) mass is 766 g/mol. The van der Waals surface area contributed by atoms with Crippen molar-refractivity contribution in [2.75, 3.05) is 19.8 Å². The summed E-state index contributed by atoms with van der Waals surface area (Å²) in [6, 6.07) is -0.816. The molecule has 314 valence electrons. The van der Waals surface area contributed by atoms with Gasteiger partial charge in [0, 0.05) is 6.42 Å². The van der Waals surface area contributed by atoms with Crippen LogP contribution in [0, 0.1) is 0 Å². The topological polar surface area (TPSA) is 228 Å². The highest BCUT2D eigenvalue weighted by molar-refractivity contribution is 5.76. The Hall–Kier alpha value is -1.01. The molecule has 0 aromatic rings. The highest BCUT2D eigenvalue weighted by Gasteiger charge is 2.50. The Morgan fingerprint density at radius 1 is 0.604 bits per heavy atom. The zero-order chi connectivity index (χ0) is 39.0. The van der Waals surface area contributed by atoms with Crippen LogP contribution < -0.4 is 5.32 Å². The van der Waals surface area contributed by atoms with E-state index in [9.17, 15) is 45.6 Å². The first kappa shape index (κ1) is 48.1. The summed E-state index contributed by atoms with van der Waals surface area (Å²) >= 11 is 0. The standard InChI is InChI=1S/C39H75NO13/c1-3-5-7-9-11-12-13-14-15-17-18-20-22-28(43)27(40-31(44)23-21-19-16-10-8-6-4-2)26-50-38-36(49)34(47)37(30(25-42)52-38)53-39-35(48)33(46)32(45)29(24-41)51-39/h27-30,32-39,41-43,45-49H,3-26H2,1-2H3,(H,40,44)/t27-,28+,29+,30+,32-,33?,34?,35?,36?,37+,38+,39-/m0/s1. The van der Waals surface area contributed by atoms with Crippen LogP contribution in [0.15, 0.2) is 0 Å². The van der Waals surface area contributed by atoms with E-state index in [0.29, 0.717) is 12.8 Å². The molecule has 0 aliphatic carbocycles. The molecular weight excluding hydrogens is 690 g/mol. The van der Waals surface area contributed by atoms with Crippen molar-refractivity contribution in [1.29, 1.82) is 0 Å². The lowest BCUT2D eigenvalue weighted by Gasteiger charge is -2.46. The molecule has 1 amide bonds. The normalized spacial score (nSPS) is 30.3. The average Bonchev–Trinajstić information content (AvgIpc) is 3.15. The van der Waals surface area contributed by atoms with E-state index < -0.39 is 86.8 Å². The van der Waals surface area contributed by atoms with Crippen molar-refractivity contribution in [1.82, 2.24) is 5.32 Å². The lowest BCUT2D eigenvalue weighted by molar-refractivity contribution is -0.359. The number of amides is 1. The molecule has 2 aliphatic rings. The Labute approximate surface area is 317 Å². The molecule has 9 N–H and O–H groups in total. The number of carbonyl (C=O) groups is 1. The third-order valence-corrected chi connectivity index (χ3v) is 10.6. The minimum Gasteiger partial charge on any atom is -0.394 e. The summed E-state index contributed by atoms with van der Waals surface area (Å²) in [5, 5.41) is 86.2. The highest BCUT2D eigenvalue weighted by Crippen LogP contribution is 2.30. The van der Waals surface area contributed by atoms with E-state index in [0.717, 1.165) is 51.4 Å². The molecule has 2 fully saturated rings. The predicted octanol–water partition coefficient (Wildman–Crippen LogP) is 2.70. The van der Waals surface area contributed by atoms with Crippen LogP contribution in [0.5, 0.6) is 0 Å². The molecule has 14 nitrogen and oxygen atoms in total. The molecule has 4 unspecified atom stereocenters. The average molecular weight is 766 g/mol. The molecule has 0 spiro atoms. The van der Waals surface area contributed by atoms with Gasteiger partial charge >= 0.3 is 0 Å². The van der Waals surface area contributed by atoms with Gasteiger partial charge < -0.3 is 65.1 Å². The molecule has 0 saturated carbocycles. The van der Waals surface area contributed by atoms with Crippen molar-refractivity contribution in [2.24, 2.45) is 0 Å². The Balaban J connectivity index is 1.92. The van der Waals surface area contributed by atoms with Gasteiger partial charge in [-0.05, 0) is 12.8 Å². The molecule has 14 heteroatoms. The molecule has 0 aromatic heterocycles. The fourth-order valence-corrected chi connectivity index (χ4v) is 7.06. The van der Waals surface area contributed by atoms with E-state index in [1.165, 1.54) is 70.6 Å². The minimum absolute atomic E-state index is 0.215.